The van der Waals surface area contributed by atoms with Gasteiger partial charge in [-0.2, -0.15) is 11.8 Å². The zero-order chi connectivity index (χ0) is 12.3. The maximum Gasteiger partial charge on any atom is 0.306 e. The van der Waals surface area contributed by atoms with E-state index in [4.69, 9.17) is 5.11 Å². The van der Waals surface area contributed by atoms with Crippen LogP contribution < -0.4 is 0 Å². The fraction of sp³-hybridized carbons (Fsp3) is 0.833. The molecule has 4 nitrogen and oxygen atoms in total. The predicted molar refractivity (Wildman–Crippen MR) is 67.0 cm³/mol. The monoisotopic (exact) mass is 257 g/mol. The van der Waals surface area contributed by atoms with Crippen molar-refractivity contribution in [1.29, 1.82) is 0 Å². The van der Waals surface area contributed by atoms with E-state index in [0.717, 1.165) is 37.4 Å². The zero-order valence-corrected chi connectivity index (χ0v) is 10.7. The minimum atomic E-state index is -0.744. The van der Waals surface area contributed by atoms with Crippen molar-refractivity contribution in [1.82, 2.24) is 4.90 Å². The lowest BCUT2D eigenvalue weighted by molar-refractivity contribution is -0.141. The molecule has 2 fully saturated rings. The predicted octanol–water partition coefficient (Wildman–Crippen LogP) is 1.45. The third-order valence-electron chi connectivity index (χ3n) is 3.67. The lowest BCUT2D eigenvalue weighted by atomic mass is 10.0. The highest BCUT2D eigenvalue weighted by Crippen LogP contribution is 2.32. The van der Waals surface area contributed by atoms with Crippen LogP contribution in [0, 0.1) is 11.8 Å². The third kappa shape index (κ3) is 3.15. The maximum absolute atomic E-state index is 12.2. The number of nitrogens with zero attached hydrogens (tertiary/aromatic N) is 1. The molecule has 1 amide bonds. The van der Waals surface area contributed by atoms with Crippen molar-refractivity contribution in [3.63, 3.8) is 0 Å². The summed E-state index contributed by atoms with van der Waals surface area (Å²) in [7, 11) is 0. The molecule has 0 bridgehead atoms. The van der Waals surface area contributed by atoms with Crippen LogP contribution in [0.15, 0.2) is 0 Å². The Morgan fingerprint density at radius 3 is 2.59 bits per heavy atom. The molecule has 0 radical (unpaired) electrons. The summed E-state index contributed by atoms with van der Waals surface area (Å²) >= 11 is 1.90. The average molecular weight is 257 g/mol. The van der Waals surface area contributed by atoms with Crippen LogP contribution in [0.2, 0.25) is 0 Å². The fourth-order valence-corrected chi connectivity index (χ4v) is 3.54. The molecule has 17 heavy (non-hydrogen) atoms. The van der Waals surface area contributed by atoms with E-state index in [1.807, 2.05) is 16.7 Å². The highest BCUT2D eigenvalue weighted by Gasteiger charge is 2.35. The first-order valence-electron chi connectivity index (χ1n) is 6.28. The quantitative estimate of drug-likeness (QED) is 0.813. The topological polar surface area (TPSA) is 57.6 Å². The number of carboxylic acid groups (broad SMARTS) is 1. The van der Waals surface area contributed by atoms with Gasteiger partial charge in [0, 0.05) is 24.8 Å². The molecule has 2 atom stereocenters. The zero-order valence-electron chi connectivity index (χ0n) is 9.93. The van der Waals surface area contributed by atoms with E-state index in [2.05, 4.69) is 0 Å². The number of rotatable bonds is 2. The van der Waals surface area contributed by atoms with Crippen molar-refractivity contribution in [3.8, 4) is 0 Å². The van der Waals surface area contributed by atoms with Crippen molar-refractivity contribution in [2.75, 3.05) is 24.6 Å². The molecule has 1 N–H and O–H groups in total. The smallest absolute Gasteiger partial charge is 0.306 e. The molecule has 1 aliphatic carbocycles. The number of carbonyl (C=O) groups excluding carboxylic acids is 1. The van der Waals surface area contributed by atoms with Crippen LogP contribution in [-0.4, -0.2) is 46.5 Å². The Morgan fingerprint density at radius 1 is 1.12 bits per heavy atom. The van der Waals surface area contributed by atoms with Crippen LogP contribution in [0.3, 0.4) is 0 Å². The largest absolute Gasteiger partial charge is 0.481 e. The van der Waals surface area contributed by atoms with Gasteiger partial charge in [-0.3, -0.25) is 9.59 Å². The van der Waals surface area contributed by atoms with E-state index in [9.17, 15) is 9.59 Å². The van der Waals surface area contributed by atoms with Gasteiger partial charge in [-0.15, -0.1) is 0 Å². The molecule has 1 saturated carbocycles. The summed E-state index contributed by atoms with van der Waals surface area (Å²) in [5.41, 5.74) is 0. The summed E-state index contributed by atoms with van der Waals surface area (Å²) < 4.78 is 0. The standard InChI is InChI=1S/C12H19NO3S/c14-11(13-4-1-6-17-7-5-13)9-2-3-10(8-9)12(15)16/h9-10H,1-8H2,(H,15,16)/t9-,10+/m0/s1. The second-order valence-electron chi connectivity index (χ2n) is 4.84. The summed E-state index contributed by atoms with van der Waals surface area (Å²) in [6.45, 7) is 1.68. The van der Waals surface area contributed by atoms with Crippen LogP contribution >= 0.6 is 11.8 Å². The Kier molecular flexibility index (Phi) is 4.31. The summed E-state index contributed by atoms with van der Waals surface area (Å²) in [5, 5.41) is 8.94. The molecule has 0 aromatic heterocycles. The molecular formula is C12H19NO3S. The Morgan fingerprint density at radius 2 is 1.88 bits per heavy atom. The molecule has 2 aliphatic rings. The summed E-state index contributed by atoms with van der Waals surface area (Å²) in [6.07, 6.45) is 3.01. The van der Waals surface area contributed by atoms with Crippen molar-refractivity contribution in [2.24, 2.45) is 11.8 Å². The van der Waals surface area contributed by atoms with Gasteiger partial charge in [-0.05, 0) is 31.4 Å². The van der Waals surface area contributed by atoms with E-state index in [0.29, 0.717) is 12.8 Å². The first-order valence-corrected chi connectivity index (χ1v) is 7.43. The molecule has 96 valence electrons. The van der Waals surface area contributed by atoms with Crippen molar-refractivity contribution in [3.05, 3.63) is 0 Å². The molecule has 0 aromatic rings. The van der Waals surface area contributed by atoms with E-state index in [1.165, 1.54) is 0 Å². The van der Waals surface area contributed by atoms with E-state index in [-0.39, 0.29) is 17.7 Å². The number of carbonyl (C=O) groups is 2. The van der Waals surface area contributed by atoms with Gasteiger partial charge in [0.15, 0.2) is 0 Å². The number of hydrogen-bond donors (Lipinski definition) is 1. The van der Waals surface area contributed by atoms with Crippen LogP contribution in [0.25, 0.3) is 0 Å². The Hall–Kier alpha value is -0.710. The minimum absolute atomic E-state index is 0.0424. The average Bonchev–Trinajstić information content (AvgIpc) is 2.65. The summed E-state index contributed by atoms with van der Waals surface area (Å²) in [4.78, 5) is 25.1. The van der Waals surface area contributed by atoms with Gasteiger partial charge in [0.2, 0.25) is 5.91 Å². The highest BCUT2D eigenvalue weighted by atomic mass is 32.2. The third-order valence-corrected chi connectivity index (χ3v) is 4.71. The van der Waals surface area contributed by atoms with Crippen LogP contribution in [0.4, 0.5) is 0 Å². The molecule has 1 saturated heterocycles. The van der Waals surface area contributed by atoms with Crippen molar-refractivity contribution in [2.45, 2.75) is 25.7 Å². The number of carboxylic acids is 1. The molecular weight excluding hydrogens is 238 g/mol. The Balaban J connectivity index is 1.89. The highest BCUT2D eigenvalue weighted by molar-refractivity contribution is 7.99. The minimum Gasteiger partial charge on any atom is -0.481 e. The molecule has 1 heterocycles. The Labute approximate surface area is 106 Å². The maximum atomic E-state index is 12.2. The molecule has 5 heteroatoms. The number of hydrogen-bond acceptors (Lipinski definition) is 3. The molecule has 1 aliphatic heterocycles. The summed E-state index contributed by atoms with van der Waals surface area (Å²) in [6, 6.07) is 0. The van der Waals surface area contributed by atoms with Crippen molar-refractivity contribution >= 4 is 23.6 Å². The van der Waals surface area contributed by atoms with Gasteiger partial charge >= 0.3 is 5.97 Å². The van der Waals surface area contributed by atoms with Crippen LogP contribution in [-0.2, 0) is 9.59 Å². The molecule has 0 unspecified atom stereocenters. The van der Waals surface area contributed by atoms with E-state index >= 15 is 0 Å². The number of amides is 1. The SMILES string of the molecule is O=C(O)[C@@H]1CC[C@H](C(=O)N2CCCSCC2)C1. The normalized spacial score (nSPS) is 30.0. The van der Waals surface area contributed by atoms with E-state index in [1.54, 1.807) is 0 Å². The second kappa shape index (κ2) is 5.76. The lowest BCUT2D eigenvalue weighted by Crippen LogP contribution is -2.37. The van der Waals surface area contributed by atoms with Gasteiger partial charge in [0.05, 0.1) is 5.92 Å². The fourth-order valence-electron chi connectivity index (χ4n) is 2.65. The first kappa shape index (κ1) is 12.7. The van der Waals surface area contributed by atoms with Crippen LogP contribution in [0.1, 0.15) is 25.7 Å². The summed E-state index contributed by atoms with van der Waals surface area (Å²) in [5.74, 6) is 1.25. The molecule has 0 aromatic carbocycles. The van der Waals surface area contributed by atoms with Gasteiger partial charge in [0.25, 0.3) is 0 Å². The van der Waals surface area contributed by atoms with Gasteiger partial charge < -0.3 is 10.0 Å². The van der Waals surface area contributed by atoms with Crippen LogP contribution in [0.5, 0.6) is 0 Å². The van der Waals surface area contributed by atoms with Crippen molar-refractivity contribution < 1.29 is 14.7 Å². The first-order chi connectivity index (χ1) is 8.18. The molecule has 0 spiro atoms. The Bertz CT molecular complexity index is 300. The lowest BCUT2D eigenvalue weighted by Gasteiger charge is -2.23. The van der Waals surface area contributed by atoms with Gasteiger partial charge in [-0.1, -0.05) is 0 Å². The van der Waals surface area contributed by atoms with Gasteiger partial charge in [0.1, 0.15) is 0 Å². The van der Waals surface area contributed by atoms with E-state index < -0.39 is 5.97 Å². The second-order valence-corrected chi connectivity index (χ2v) is 6.06. The molecule has 2 rings (SSSR count). The van der Waals surface area contributed by atoms with Gasteiger partial charge in [-0.25, -0.2) is 0 Å². The number of thioether (sulfide) groups is 1. The number of aliphatic carboxylic acids is 1.